The van der Waals surface area contributed by atoms with Crippen molar-refractivity contribution in [3.63, 3.8) is 0 Å². The van der Waals surface area contributed by atoms with Gasteiger partial charge in [0.25, 0.3) is 0 Å². The molecule has 2 N–H and O–H groups in total. The van der Waals surface area contributed by atoms with Crippen LogP contribution in [0.15, 0.2) is 30.0 Å². The minimum absolute atomic E-state index is 0.0633. The molecule has 166 valence electrons. The van der Waals surface area contributed by atoms with Gasteiger partial charge < -0.3 is 10.2 Å². The van der Waals surface area contributed by atoms with Gasteiger partial charge in [-0.1, -0.05) is 23.8 Å². The Labute approximate surface area is 184 Å². The van der Waals surface area contributed by atoms with Gasteiger partial charge in [0.15, 0.2) is 0 Å². The Morgan fingerprint density at radius 1 is 1.13 bits per heavy atom. The number of nitrogens with one attached hydrogen (secondary N) is 2. The molecule has 1 fully saturated rings. The van der Waals surface area contributed by atoms with Crippen molar-refractivity contribution in [2.45, 2.75) is 76.3 Å². The van der Waals surface area contributed by atoms with Crippen molar-refractivity contribution in [2.24, 2.45) is 17.8 Å². The number of H-pyrrole nitrogens is 1. The van der Waals surface area contributed by atoms with Gasteiger partial charge in [-0.2, -0.15) is 5.10 Å². The summed E-state index contributed by atoms with van der Waals surface area (Å²) in [7, 11) is 1.72. The van der Waals surface area contributed by atoms with E-state index in [1.807, 2.05) is 6.20 Å². The molecule has 4 aliphatic rings. The zero-order valence-corrected chi connectivity index (χ0v) is 18.5. The van der Waals surface area contributed by atoms with Crippen molar-refractivity contribution in [1.82, 2.24) is 20.4 Å². The SMILES string of the molecule is CNC(=O)C1C=CCCC1C1=CCC(C(=O)N(C2CC2)C2CCc3[nH]ncc3C2)CC1. The first-order chi connectivity index (χ1) is 15.2. The van der Waals surface area contributed by atoms with Crippen LogP contribution in [0.5, 0.6) is 0 Å². The molecule has 1 saturated carbocycles. The first kappa shape index (κ1) is 20.5. The van der Waals surface area contributed by atoms with Gasteiger partial charge in [-0.15, -0.1) is 0 Å². The topological polar surface area (TPSA) is 78.1 Å². The molecule has 4 unspecified atom stereocenters. The van der Waals surface area contributed by atoms with E-state index in [4.69, 9.17) is 0 Å². The summed E-state index contributed by atoms with van der Waals surface area (Å²) in [5.74, 6) is 0.787. The summed E-state index contributed by atoms with van der Waals surface area (Å²) in [6.07, 6.45) is 18.4. The Kier molecular flexibility index (Phi) is 5.72. The molecule has 0 aromatic carbocycles. The molecule has 6 heteroatoms. The highest BCUT2D eigenvalue weighted by atomic mass is 16.2. The number of hydrogen-bond donors (Lipinski definition) is 2. The van der Waals surface area contributed by atoms with Gasteiger partial charge in [-0.05, 0) is 75.7 Å². The number of carbonyl (C=O) groups is 2. The van der Waals surface area contributed by atoms with Crippen LogP contribution >= 0.6 is 0 Å². The number of aromatic amines is 1. The van der Waals surface area contributed by atoms with Crippen LogP contribution in [-0.4, -0.2) is 46.0 Å². The zero-order valence-electron chi connectivity index (χ0n) is 18.5. The second-order valence-electron chi connectivity index (χ2n) is 9.75. The van der Waals surface area contributed by atoms with Gasteiger partial charge in [0.05, 0.1) is 12.1 Å². The highest BCUT2D eigenvalue weighted by Gasteiger charge is 2.42. The van der Waals surface area contributed by atoms with E-state index in [0.29, 0.717) is 23.9 Å². The number of hydrogen-bond acceptors (Lipinski definition) is 3. The van der Waals surface area contributed by atoms with Crippen molar-refractivity contribution in [3.8, 4) is 0 Å². The van der Waals surface area contributed by atoms with Crippen LogP contribution in [0.2, 0.25) is 0 Å². The number of rotatable bonds is 5. The molecule has 0 aliphatic heterocycles. The first-order valence-corrected chi connectivity index (χ1v) is 12.1. The summed E-state index contributed by atoms with van der Waals surface area (Å²) in [5.41, 5.74) is 3.92. The van der Waals surface area contributed by atoms with Crippen molar-refractivity contribution in [2.75, 3.05) is 7.05 Å². The monoisotopic (exact) mass is 422 g/mol. The Morgan fingerprint density at radius 3 is 2.74 bits per heavy atom. The van der Waals surface area contributed by atoms with E-state index in [1.165, 1.54) is 16.8 Å². The zero-order chi connectivity index (χ0) is 21.4. The molecule has 4 atom stereocenters. The summed E-state index contributed by atoms with van der Waals surface area (Å²) >= 11 is 0. The second-order valence-corrected chi connectivity index (χ2v) is 9.75. The fourth-order valence-corrected chi connectivity index (χ4v) is 5.96. The number of amides is 2. The van der Waals surface area contributed by atoms with E-state index in [0.717, 1.165) is 64.2 Å². The van der Waals surface area contributed by atoms with Crippen LogP contribution < -0.4 is 5.32 Å². The molecule has 1 heterocycles. The third-order valence-electron chi connectivity index (χ3n) is 7.82. The number of nitrogens with zero attached hydrogens (tertiary/aromatic N) is 2. The Hall–Kier alpha value is -2.37. The van der Waals surface area contributed by atoms with Gasteiger partial charge in [0.1, 0.15) is 0 Å². The maximum Gasteiger partial charge on any atom is 0.227 e. The molecule has 0 spiro atoms. The molecule has 31 heavy (non-hydrogen) atoms. The fraction of sp³-hybridized carbons (Fsp3) is 0.640. The van der Waals surface area contributed by atoms with Crippen molar-refractivity contribution >= 4 is 11.8 Å². The predicted molar refractivity (Wildman–Crippen MR) is 119 cm³/mol. The van der Waals surface area contributed by atoms with Crippen molar-refractivity contribution in [3.05, 3.63) is 41.3 Å². The number of aryl methyl sites for hydroxylation is 1. The summed E-state index contributed by atoms with van der Waals surface area (Å²) < 4.78 is 0. The van der Waals surface area contributed by atoms with E-state index >= 15 is 0 Å². The lowest BCUT2D eigenvalue weighted by Gasteiger charge is -2.38. The van der Waals surface area contributed by atoms with Crippen LogP contribution in [0.3, 0.4) is 0 Å². The Balaban J connectivity index is 1.27. The van der Waals surface area contributed by atoms with E-state index in [2.05, 4.69) is 38.6 Å². The lowest BCUT2D eigenvalue weighted by Crippen LogP contribution is -2.47. The summed E-state index contributed by atoms with van der Waals surface area (Å²) in [5, 5.41) is 10.1. The largest absolute Gasteiger partial charge is 0.359 e. The average Bonchev–Trinajstić information content (AvgIpc) is 3.54. The molecule has 6 nitrogen and oxygen atoms in total. The van der Waals surface area contributed by atoms with Crippen LogP contribution in [-0.2, 0) is 22.4 Å². The van der Waals surface area contributed by atoms with E-state index < -0.39 is 0 Å². The van der Waals surface area contributed by atoms with Gasteiger partial charge in [-0.3, -0.25) is 14.7 Å². The lowest BCUT2D eigenvalue weighted by atomic mass is 9.73. The van der Waals surface area contributed by atoms with Crippen LogP contribution in [0.1, 0.15) is 62.6 Å². The number of fused-ring (bicyclic) bond motifs is 1. The molecule has 4 aliphatic carbocycles. The number of allylic oxidation sites excluding steroid dienone is 3. The van der Waals surface area contributed by atoms with Crippen molar-refractivity contribution in [1.29, 1.82) is 0 Å². The summed E-state index contributed by atoms with van der Waals surface area (Å²) in [4.78, 5) is 28.2. The standard InChI is InChI=1S/C25H34N4O2/c1-26-24(30)22-5-3-2-4-21(22)16-6-8-17(9-7-16)25(31)29(19-10-11-19)20-12-13-23-18(14-20)15-27-28-23/h3,5-6,15,17,19-22H,2,4,7-14H2,1H3,(H,26,30)(H,27,28). The maximum atomic E-state index is 13.6. The fourth-order valence-electron chi connectivity index (χ4n) is 5.96. The van der Waals surface area contributed by atoms with E-state index in [1.54, 1.807) is 7.05 Å². The van der Waals surface area contributed by atoms with Crippen LogP contribution in [0, 0.1) is 17.8 Å². The Morgan fingerprint density at radius 2 is 2.00 bits per heavy atom. The minimum Gasteiger partial charge on any atom is -0.359 e. The molecule has 0 bridgehead atoms. The molecule has 0 saturated heterocycles. The molecule has 1 aromatic rings. The molecule has 0 radical (unpaired) electrons. The first-order valence-electron chi connectivity index (χ1n) is 12.1. The van der Waals surface area contributed by atoms with Crippen LogP contribution in [0.25, 0.3) is 0 Å². The molecule has 5 rings (SSSR count). The molecule has 2 amide bonds. The van der Waals surface area contributed by atoms with Gasteiger partial charge >= 0.3 is 0 Å². The maximum absolute atomic E-state index is 13.6. The third kappa shape index (κ3) is 4.09. The summed E-state index contributed by atoms with van der Waals surface area (Å²) in [6, 6.07) is 0.758. The highest BCUT2D eigenvalue weighted by molar-refractivity contribution is 5.82. The van der Waals surface area contributed by atoms with Crippen molar-refractivity contribution < 1.29 is 9.59 Å². The van der Waals surface area contributed by atoms with Gasteiger partial charge in [0, 0.05) is 30.7 Å². The van der Waals surface area contributed by atoms with E-state index in [-0.39, 0.29) is 17.7 Å². The summed E-state index contributed by atoms with van der Waals surface area (Å²) in [6.45, 7) is 0. The molecular formula is C25H34N4O2. The van der Waals surface area contributed by atoms with Crippen LogP contribution in [0.4, 0.5) is 0 Å². The quantitative estimate of drug-likeness (QED) is 0.715. The predicted octanol–water partition coefficient (Wildman–Crippen LogP) is 3.31. The highest BCUT2D eigenvalue weighted by Crippen LogP contribution is 2.40. The lowest BCUT2D eigenvalue weighted by molar-refractivity contribution is -0.139. The normalized spacial score (nSPS) is 30.3. The van der Waals surface area contributed by atoms with E-state index in [9.17, 15) is 9.59 Å². The third-order valence-corrected chi connectivity index (χ3v) is 7.82. The van der Waals surface area contributed by atoms with Gasteiger partial charge in [-0.25, -0.2) is 0 Å². The number of aromatic nitrogens is 2. The Bertz CT molecular complexity index is 897. The number of carbonyl (C=O) groups excluding carboxylic acids is 2. The minimum atomic E-state index is -0.0633. The van der Waals surface area contributed by atoms with Gasteiger partial charge in [0.2, 0.25) is 11.8 Å². The molecular weight excluding hydrogens is 388 g/mol. The average molecular weight is 423 g/mol. The molecule has 1 aromatic heterocycles. The second kappa shape index (κ2) is 8.64. The smallest absolute Gasteiger partial charge is 0.227 e.